The summed E-state index contributed by atoms with van der Waals surface area (Å²) in [6.45, 7) is 1.31. The Kier molecular flexibility index (Phi) is 1.10. The van der Waals surface area contributed by atoms with Crippen molar-refractivity contribution in [3.8, 4) is 0 Å². The predicted molar refractivity (Wildman–Crippen MR) is 23.6 cm³/mol. The third-order valence-corrected chi connectivity index (χ3v) is 1.36. The Morgan fingerprint density at radius 3 is 2.17 bits per heavy atom. The van der Waals surface area contributed by atoms with Crippen LogP contribution in [0.4, 0.5) is 0 Å². The molecule has 1 heteroatoms. The summed E-state index contributed by atoms with van der Waals surface area (Å²) in [5, 5.41) is 8.26. The molecule has 0 unspecified atom stereocenters. The predicted octanol–water partition coefficient (Wildman–Crippen LogP) is 1.32. The topological polar surface area (TPSA) is 20.2 Å². The summed E-state index contributed by atoms with van der Waals surface area (Å²) >= 11 is 0. The van der Waals surface area contributed by atoms with Crippen molar-refractivity contribution in [2.24, 2.45) is 5.92 Å². The number of rotatable bonds is 1. The minimum absolute atomic E-state index is 0.546. The zero-order chi connectivity index (χ0) is 4.41. The summed E-state index contributed by atoms with van der Waals surface area (Å²) in [6.07, 6.45) is 3.72. The molecule has 0 bridgehead atoms. The molecular formula is C5H9O. The first-order valence-electron chi connectivity index (χ1n) is 2.41. The Labute approximate surface area is 38.0 Å². The number of hydrogen-bond acceptors (Lipinski definition) is 1. The number of hydrogen-bond donors (Lipinski definition) is 1. The SMILES string of the molecule is O[CH]C1CCC1. The fourth-order valence-electron chi connectivity index (χ4n) is 0.589. The average Bonchev–Trinajstić information content (AvgIpc) is 1.31. The van der Waals surface area contributed by atoms with E-state index in [0.29, 0.717) is 5.92 Å². The fourth-order valence-corrected chi connectivity index (χ4v) is 0.589. The molecule has 0 aliphatic heterocycles. The van der Waals surface area contributed by atoms with Gasteiger partial charge >= 0.3 is 0 Å². The second kappa shape index (κ2) is 1.61. The molecule has 0 aromatic heterocycles. The lowest BCUT2D eigenvalue weighted by molar-refractivity contribution is 0.234. The summed E-state index contributed by atoms with van der Waals surface area (Å²) in [4.78, 5) is 0. The van der Waals surface area contributed by atoms with Crippen LogP contribution in [0.2, 0.25) is 0 Å². The lowest BCUT2D eigenvalue weighted by atomic mass is 9.86. The highest BCUT2D eigenvalue weighted by atomic mass is 16.3. The van der Waals surface area contributed by atoms with E-state index in [0.717, 1.165) is 0 Å². The van der Waals surface area contributed by atoms with Crippen molar-refractivity contribution in [2.45, 2.75) is 19.3 Å². The van der Waals surface area contributed by atoms with Crippen molar-refractivity contribution in [3.05, 3.63) is 6.61 Å². The second-order valence-electron chi connectivity index (χ2n) is 1.84. The molecule has 1 rings (SSSR count). The van der Waals surface area contributed by atoms with E-state index < -0.39 is 0 Å². The van der Waals surface area contributed by atoms with Gasteiger partial charge in [-0.3, -0.25) is 0 Å². The van der Waals surface area contributed by atoms with Crippen LogP contribution < -0.4 is 0 Å². The van der Waals surface area contributed by atoms with Crippen LogP contribution in [0.1, 0.15) is 19.3 Å². The molecule has 1 saturated carbocycles. The molecule has 6 heavy (non-hydrogen) atoms. The molecule has 1 N–H and O–H groups in total. The van der Waals surface area contributed by atoms with Crippen LogP contribution in [0, 0.1) is 12.5 Å². The van der Waals surface area contributed by atoms with Gasteiger partial charge in [-0.05, 0) is 18.8 Å². The van der Waals surface area contributed by atoms with E-state index in [1.807, 2.05) is 0 Å². The third-order valence-electron chi connectivity index (χ3n) is 1.36. The van der Waals surface area contributed by atoms with Crippen LogP contribution in [0.15, 0.2) is 0 Å². The van der Waals surface area contributed by atoms with E-state index in [2.05, 4.69) is 0 Å². The molecule has 1 nitrogen and oxygen atoms in total. The smallest absolute Gasteiger partial charge is 0.0829 e. The summed E-state index contributed by atoms with van der Waals surface area (Å²) in [5.74, 6) is 0.546. The van der Waals surface area contributed by atoms with Crippen LogP contribution in [0.25, 0.3) is 0 Å². The van der Waals surface area contributed by atoms with Crippen LogP contribution >= 0.6 is 0 Å². The van der Waals surface area contributed by atoms with Crippen LogP contribution in [0.3, 0.4) is 0 Å². The molecule has 0 heterocycles. The standard InChI is InChI=1S/C5H9O/c6-4-5-2-1-3-5/h4-6H,1-3H2. The van der Waals surface area contributed by atoms with Gasteiger partial charge in [-0.25, -0.2) is 0 Å². The van der Waals surface area contributed by atoms with Crippen LogP contribution in [0.5, 0.6) is 0 Å². The molecule has 35 valence electrons. The Hall–Kier alpha value is -0.0400. The summed E-state index contributed by atoms with van der Waals surface area (Å²) in [6, 6.07) is 0. The van der Waals surface area contributed by atoms with E-state index >= 15 is 0 Å². The first-order chi connectivity index (χ1) is 2.93. The Bertz CT molecular complexity index is 36.4. The van der Waals surface area contributed by atoms with Crippen molar-refractivity contribution in [3.63, 3.8) is 0 Å². The van der Waals surface area contributed by atoms with E-state index in [9.17, 15) is 0 Å². The van der Waals surface area contributed by atoms with Gasteiger partial charge in [0.15, 0.2) is 0 Å². The van der Waals surface area contributed by atoms with E-state index in [4.69, 9.17) is 5.11 Å². The van der Waals surface area contributed by atoms with Gasteiger partial charge in [0.2, 0.25) is 0 Å². The van der Waals surface area contributed by atoms with E-state index in [1.165, 1.54) is 25.9 Å². The Balaban J connectivity index is 2.01. The first-order valence-corrected chi connectivity index (χ1v) is 2.41. The van der Waals surface area contributed by atoms with Gasteiger partial charge < -0.3 is 5.11 Å². The molecule has 0 atom stereocenters. The maximum Gasteiger partial charge on any atom is 0.0829 e. The highest BCUT2D eigenvalue weighted by Crippen LogP contribution is 2.26. The van der Waals surface area contributed by atoms with Gasteiger partial charge in [0, 0.05) is 0 Å². The maximum atomic E-state index is 8.26. The highest BCUT2D eigenvalue weighted by molar-refractivity contribution is 4.74. The Morgan fingerprint density at radius 1 is 1.50 bits per heavy atom. The minimum atomic E-state index is 0.546. The minimum Gasteiger partial charge on any atom is -0.390 e. The fraction of sp³-hybridized carbons (Fsp3) is 0.800. The van der Waals surface area contributed by atoms with Crippen LogP contribution in [-0.2, 0) is 0 Å². The van der Waals surface area contributed by atoms with Crippen LogP contribution in [-0.4, -0.2) is 5.11 Å². The zero-order valence-electron chi connectivity index (χ0n) is 3.72. The third kappa shape index (κ3) is 0.548. The Morgan fingerprint density at radius 2 is 2.17 bits per heavy atom. The molecule has 1 radical (unpaired) electrons. The van der Waals surface area contributed by atoms with Gasteiger partial charge in [-0.2, -0.15) is 0 Å². The second-order valence-corrected chi connectivity index (χ2v) is 1.84. The summed E-state index contributed by atoms with van der Waals surface area (Å²) in [5.41, 5.74) is 0. The molecule has 1 fully saturated rings. The molecule has 1 aliphatic rings. The van der Waals surface area contributed by atoms with Gasteiger partial charge in [0.1, 0.15) is 0 Å². The van der Waals surface area contributed by atoms with Crippen molar-refractivity contribution in [1.82, 2.24) is 0 Å². The van der Waals surface area contributed by atoms with E-state index in [-0.39, 0.29) is 0 Å². The summed E-state index contributed by atoms with van der Waals surface area (Å²) < 4.78 is 0. The molecule has 0 saturated heterocycles. The van der Waals surface area contributed by atoms with Crippen molar-refractivity contribution >= 4 is 0 Å². The molecule has 0 aromatic rings. The number of aliphatic hydroxyl groups is 1. The monoisotopic (exact) mass is 85.1 g/mol. The molecule has 0 amide bonds. The lowest BCUT2D eigenvalue weighted by Gasteiger charge is -2.21. The molecule has 0 spiro atoms. The maximum absolute atomic E-state index is 8.26. The molecule has 1 aliphatic carbocycles. The highest BCUT2D eigenvalue weighted by Gasteiger charge is 2.15. The van der Waals surface area contributed by atoms with Crippen molar-refractivity contribution in [2.75, 3.05) is 0 Å². The lowest BCUT2D eigenvalue weighted by Crippen LogP contribution is -2.10. The zero-order valence-corrected chi connectivity index (χ0v) is 3.72. The van der Waals surface area contributed by atoms with Crippen molar-refractivity contribution in [1.29, 1.82) is 0 Å². The number of aliphatic hydroxyl groups excluding tert-OH is 1. The molecular weight excluding hydrogens is 76.1 g/mol. The molecule has 0 aromatic carbocycles. The first kappa shape index (κ1) is 4.13. The quantitative estimate of drug-likeness (QED) is 0.509. The van der Waals surface area contributed by atoms with Gasteiger partial charge in [-0.1, -0.05) is 6.42 Å². The van der Waals surface area contributed by atoms with E-state index in [1.54, 1.807) is 0 Å². The normalized spacial score (nSPS) is 23.5. The van der Waals surface area contributed by atoms with Gasteiger partial charge in [0.25, 0.3) is 0 Å². The van der Waals surface area contributed by atoms with Crippen molar-refractivity contribution < 1.29 is 5.11 Å². The largest absolute Gasteiger partial charge is 0.390 e. The summed E-state index contributed by atoms with van der Waals surface area (Å²) in [7, 11) is 0. The average molecular weight is 85.1 g/mol. The van der Waals surface area contributed by atoms with Gasteiger partial charge in [0.05, 0.1) is 6.61 Å². The van der Waals surface area contributed by atoms with Gasteiger partial charge in [-0.15, -0.1) is 0 Å².